The van der Waals surface area contributed by atoms with Gasteiger partial charge in [-0.3, -0.25) is 9.59 Å². The molecule has 0 bridgehead atoms. The zero-order chi connectivity index (χ0) is 24.0. The van der Waals surface area contributed by atoms with Crippen LogP contribution in [0.1, 0.15) is 87.1 Å². The van der Waals surface area contributed by atoms with E-state index in [9.17, 15) is 14.7 Å². The van der Waals surface area contributed by atoms with Gasteiger partial charge in [-0.1, -0.05) is 50.2 Å². The first-order chi connectivity index (χ1) is 16.3. The molecule has 2 fully saturated rings. The van der Waals surface area contributed by atoms with Gasteiger partial charge in [0.1, 0.15) is 11.5 Å². The number of benzene rings is 2. The van der Waals surface area contributed by atoms with Crippen LogP contribution in [-0.2, 0) is 22.4 Å². The summed E-state index contributed by atoms with van der Waals surface area (Å²) in [7, 11) is 0. The zero-order valence-corrected chi connectivity index (χ0v) is 20.6. The van der Waals surface area contributed by atoms with Crippen molar-refractivity contribution in [2.45, 2.75) is 77.7 Å². The monoisotopic (exact) mass is 459 g/mol. The highest BCUT2D eigenvalue weighted by Gasteiger charge is 2.58. The number of hydrogen-bond acceptors (Lipinski definition) is 3. The maximum Gasteiger partial charge on any atom is 0.221 e. The van der Waals surface area contributed by atoms with Gasteiger partial charge < -0.3 is 10.4 Å². The standard InChI is InChI=1S/C30H37NO3/c1-4-19-14-25-21(16-27(19)32)10-11-24-23(25)12-13-30(3)26(24)15-22(29(30)34)17-28(33)31-18(2)20-8-6-5-7-9-20/h5-9,14,16,18,22-24,26,32H,4,10-13,15,17H2,1-3H3,(H,31,33)/t18-,22+,23-,24+,26-,30-/m0/s1. The van der Waals surface area contributed by atoms with Crippen LogP contribution in [-0.4, -0.2) is 16.8 Å². The fourth-order valence-electron chi connectivity index (χ4n) is 7.40. The molecule has 0 radical (unpaired) electrons. The molecule has 2 N–H and O–H groups in total. The van der Waals surface area contributed by atoms with E-state index >= 15 is 0 Å². The molecule has 34 heavy (non-hydrogen) atoms. The molecule has 4 heteroatoms. The Morgan fingerprint density at radius 3 is 2.71 bits per heavy atom. The Labute approximate surface area is 203 Å². The molecular formula is C30H37NO3. The van der Waals surface area contributed by atoms with Gasteiger partial charge in [-0.25, -0.2) is 0 Å². The van der Waals surface area contributed by atoms with Crippen LogP contribution in [0, 0.1) is 23.2 Å². The maximum atomic E-state index is 13.6. The number of aryl methyl sites for hydroxylation is 2. The molecule has 0 saturated heterocycles. The smallest absolute Gasteiger partial charge is 0.221 e. The van der Waals surface area contributed by atoms with Crippen LogP contribution in [0.3, 0.4) is 0 Å². The van der Waals surface area contributed by atoms with Gasteiger partial charge in [-0.15, -0.1) is 0 Å². The molecule has 6 atom stereocenters. The minimum Gasteiger partial charge on any atom is -0.508 e. The molecule has 5 rings (SSSR count). The molecule has 0 aromatic heterocycles. The van der Waals surface area contributed by atoms with Gasteiger partial charge in [0, 0.05) is 17.8 Å². The Balaban J connectivity index is 1.32. The number of aromatic hydroxyl groups is 1. The fourth-order valence-corrected chi connectivity index (χ4v) is 7.40. The van der Waals surface area contributed by atoms with E-state index < -0.39 is 0 Å². The molecule has 3 aliphatic rings. The van der Waals surface area contributed by atoms with Crippen molar-refractivity contribution in [3.8, 4) is 5.75 Å². The summed E-state index contributed by atoms with van der Waals surface area (Å²) >= 11 is 0. The van der Waals surface area contributed by atoms with Crippen molar-refractivity contribution in [2.24, 2.45) is 23.2 Å². The Bertz CT molecular complexity index is 1090. The first-order valence-corrected chi connectivity index (χ1v) is 13.0. The third-order valence-corrected chi connectivity index (χ3v) is 9.28. The number of fused-ring (bicyclic) bond motifs is 5. The van der Waals surface area contributed by atoms with Crippen molar-refractivity contribution >= 4 is 11.7 Å². The predicted octanol–water partition coefficient (Wildman–Crippen LogP) is 5.87. The second-order valence-electron chi connectivity index (χ2n) is 11.1. The van der Waals surface area contributed by atoms with Crippen LogP contribution in [0.2, 0.25) is 0 Å². The third-order valence-electron chi connectivity index (χ3n) is 9.28. The van der Waals surface area contributed by atoms with E-state index in [0.717, 1.165) is 49.7 Å². The van der Waals surface area contributed by atoms with E-state index in [1.54, 1.807) is 0 Å². The Hall–Kier alpha value is -2.62. The summed E-state index contributed by atoms with van der Waals surface area (Å²) in [5, 5.41) is 13.5. The Morgan fingerprint density at radius 2 is 1.97 bits per heavy atom. The lowest BCUT2D eigenvalue weighted by molar-refractivity contribution is -0.134. The van der Waals surface area contributed by atoms with Gasteiger partial charge in [-0.2, -0.15) is 0 Å². The number of ketones is 1. The lowest BCUT2D eigenvalue weighted by atomic mass is 9.55. The van der Waals surface area contributed by atoms with Crippen LogP contribution in [0.25, 0.3) is 0 Å². The summed E-state index contributed by atoms with van der Waals surface area (Å²) in [5.74, 6) is 1.83. The maximum absolute atomic E-state index is 13.6. The first-order valence-electron chi connectivity index (χ1n) is 13.0. The summed E-state index contributed by atoms with van der Waals surface area (Å²) in [4.78, 5) is 26.5. The van der Waals surface area contributed by atoms with E-state index in [2.05, 4.69) is 25.2 Å². The highest BCUT2D eigenvalue weighted by atomic mass is 16.3. The summed E-state index contributed by atoms with van der Waals surface area (Å²) in [5.41, 5.74) is 4.49. The number of carbonyl (C=O) groups is 2. The number of amides is 1. The molecule has 2 saturated carbocycles. The number of Topliss-reactive ketones (excluding diaryl/α,β-unsaturated/α-hetero) is 1. The average Bonchev–Trinajstić information content (AvgIpc) is 3.09. The molecule has 1 amide bonds. The number of hydrogen-bond donors (Lipinski definition) is 2. The van der Waals surface area contributed by atoms with Crippen molar-refractivity contribution < 1.29 is 14.7 Å². The normalized spacial score (nSPS) is 30.7. The van der Waals surface area contributed by atoms with Crippen molar-refractivity contribution in [3.05, 3.63) is 64.7 Å². The quantitative estimate of drug-likeness (QED) is 0.587. The largest absolute Gasteiger partial charge is 0.508 e. The highest BCUT2D eigenvalue weighted by Crippen LogP contribution is 2.61. The molecule has 0 aliphatic heterocycles. The van der Waals surface area contributed by atoms with E-state index in [4.69, 9.17) is 0 Å². The SMILES string of the molecule is CCc1cc2c(cc1O)CC[C@@H]1[C@@H]2CC[C@]2(C)C(=O)[C@@H](CC(=O)N[C@@H](C)c3ccccc3)C[C@@H]12. The highest BCUT2D eigenvalue weighted by molar-refractivity contribution is 5.93. The molecule has 3 aliphatic carbocycles. The molecular weight excluding hydrogens is 422 g/mol. The summed E-state index contributed by atoms with van der Waals surface area (Å²) < 4.78 is 0. The average molecular weight is 460 g/mol. The Kier molecular flexibility index (Phi) is 6.03. The third kappa shape index (κ3) is 3.85. The molecule has 4 nitrogen and oxygen atoms in total. The molecule has 2 aromatic carbocycles. The van der Waals surface area contributed by atoms with Gasteiger partial charge >= 0.3 is 0 Å². The first kappa shape index (κ1) is 23.1. The van der Waals surface area contributed by atoms with Crippen LogP contribution in [0.4, 0.5) is 0 Å². The minimum absolute atomic E-state index is 0.0226. The lowest BCUT2D eigenvalue weighted by Crippen LogP contribution is -2.42. The summed E-state index contributed by atoms with van der Waals surface area (Å²) in [6.45, 7) is 6.26. The van der Waals surface area contributed by atoms with Crippen LogP contribution in [0.5, 0.6) is 5.75 Å². The fraction of sp³-hybridized carbons (Fsp3) is 0.533. The van der Waals surface area contributed by atoms with Crippen molar-refractivity contribution in [2.75, 3.05) is 0 Å². The number of carbonyl (C=O) groups excluding carboxylic acids is 2. The van der Waals surface area contributed by atoms with Crippen molar-refractivity contribution in [1.29, 1.82) is 0 Å². The van der Waals surface area contributed by atoms with Gasteiger partial charge in [0.25, 0.3) is 0 Å². The van der Waals surface area contributed by atoms with Gasteiger partial charge in [0.2, 0.25) is 5.91 Å². The number of rotatable bonds is 5. The van der Waals surface area contributed by atoms with Gasteiger partial charge in [-0.05, 0) is 91.5 Å². The van der Waals surface area contributed by atoms with Crippen LogP contribution >= 0.6 is 0 Å². The predicted molar refractivity (Wildman–Crippen MR) is 134 cm³/mol. The van der Waals surface area contributed by atoms with Crippen LogP contribution < -0.4 is 5.32 Å². The summed E-state index contributed by atoms with van der Waals surface area (Å²) in [6.07, 6.45) is 5.91. The number of nitrogens with one attached hydrogen (secondary N) is 1. The number of phenolic OH excluding ortho intramolecular Hbond substituents is 1. The zero-order valence-electron chi connectivity index (χ0n) is 20.6. The van der Waals surface area contributed by atoms with Gasteiger partial charge in [0.15, 0.2) is 0 Å². The second-order valence-corrected chi connectivity index (χ2v) is 11.1. The molecule has 0 spiro atoms. The minimum atomic E-state index is -0.306. The molecule has 180 valence electrons. The summed E-state index contributed by atoms with van der Waals surface area (Å²) in [6, 6.07) is 14.1. The molecule has 2 aromatic rings. The van der Waals surface area contributed by atoms with Crippen LogP contribution in [0.15, 0.2) is 42.5 Å². The molecule has 0 heterocycles. The number of phenols is 1. The second kappa shape index (κ2) is 8.87. The van der Waals surface area contributed by atoms with E-state index in [0.29, 0.717) is 35.7 Å². The Morgan fingerprint density at radius 1 is 1.21 bits per heavy atom. The van der Waals surface area contributed by atoms with Crippen molar-refractivity contribution in [1.82, 2.24) is 5.32 Å². The topological polar surface area (TPSA) is 66.4 Å². The van der Waals surface area contributed by atoms with E-state index in [1.807, 2.05) is 43.3 Å². The lowest BCUT2D eigenvalue weighted by Gasteiger charge is -2.48. The van der Waals surface area contributed by atoms with E-state index in [-0.39, 0.29) is 23.3 Å². The molecule has 0 unspecified atom stereocenters. The van der Waals surface area contributed by atoms with Crippen molar-refractivity contribution in [3.63, 3.8) is 0 Å². The van der Waals surface area contributed by atoms with Gasteiger partial charge in [0.05, 0.1) is 6.04 Å². The van der Waals surface area contributed by atoms with E-state index in [1.165, 1.54) is 11.1 Å².